The van der Waals surface area contributed by atoms with Crippen molar-refractivity contribution in [1.82, 2.24) is 34.8 Å². The Morgan fingerprint density at radius 3 is 2.56 bits per heavy atom. The van der Waals surface area contributed by atoms with Crippen molar-refractivity contribution < 1.29 is 4.79 Å². The van der Waals surface area contributed by atoms with Gasteiger partial charge >= 0.3 is 6.03 Å². The van der Waals surface area contributed by atoms with Gasteiger partial charge in [0.25, 0.3) is 0 Å². The highest BCUT2D eigenvalue weighted by atomic mass is 16.2. The van der Waals surface area contributed by atoms with E-state index in [-0.39, 0.29) is 18.1 Å². The molecular weight excluding hydrogens is 342 g/mol. The number of rotatable bonds is 4. The third-order valence-electron chi connectivity index (χ3n) is 4.96. The van der Waals surface area contributed by atoms with E-state index in [1.807, 2.05) is 54.6 Å². The lowest BCUT2D eigenvalue weighted by molar-refractivity contribution is 0.115. The van der Waals surface area contributed by atoms with E-state index in [2.05, 4.69) is 26.6 Å². The Labute approximate surface area is 157 Å². The third-order valence-corrected chi connectivity index (χ3v) is 4.96. The molecule has 4 rings (SSSR count). The van der Waals surface area contributed by atoms with Crippen LogP contribution in [0, 0.1) is 13.8 Å². The Bertz CT molecular complexity index is 924. The number of urea groups is 1. The van der Waals surface area contributed by atoms with Crippen molar-refractivity contribution in [3.05, 3.63) is 59.9 Å². The molecule has 1 aliphatic heterocycles. The van der Waals surface area contributed by atoms with Crippen molar-refractivity contribution in [3.8, 4) is 5.69 Å². The fourth-order valence-electron chi connectivity index (χ4n) is 3.41. The number of aryl methyl sites for hydroxylation is 2. The van der Waals surface area contributed by atoms with Gasteiger partial charge in [0.05, 0.1) is 23.5 Å². The second-order valence-corrected chi connectivity index (χ2v) is 7.03. The number of likely N-dealkylation sites (tertiary alicyclic amines) is 1. The first kappa shape index (κ1) is 17.3. The van der Waals surface area contributed by atoms with E-state index in [9.17, 15) is 4.79 Å². The lowest BCUT2D eigenvalue weighted by Crippen LogP contribution is -2.54. The van der Waals surface area contributed by atoms with E-state index in [1.54, 1.807) is 11.0 Å². The average Bonchev–Trinajstić information content (AvgIpc) is 3.24. The average molecular weight is 365 g/mol. The molecule has 1 N–H and O–H groups in total. The van der Waals surface area contributed by atoms with Crippen LogP contribution < -0.4 is 5.32 Å². The molecule has 140 valence electrons. The molecule has 0 saturated carbocycles. The SMILES string of the molecule is Cc1cc(C)n(C2CN(C(=O)N[C@@H](C)c3ccc(-n4cncn4)cc3)C2)n1. The molecule has 0 radical (unpaired) electrons. The molecule has 1 atom stereocenters. The maximum atomic E-state index is 12.5. The van der Waals surface area contributed by atoms with E-state index < -0.39 is 0 Å². The molecule has 0 aliphatic carbocycles. The monoisotopic (exact) mass is 365 g/mol. The molecule has 1 fully saturated rings. The molecule has 8 heteroatoms. The van der Waals surface area contributed by atoms with Crippen LogP contribution in [-0.4, -0.2) is 48.6 Å². The zero-order chi connectivity index (χ0) is 19.0. The molecule has 0 bridgehead atoms. The number of hydrogen-bond donors (Lipinski definition) is 1. The molecule has 1 aromatic carbocycles. The van der Waals surface area contributed by atoms with Crippen molar-refractivity contribution >= 4 is 6.03 Å². The fraction of sp³-hybridized carbons (Fsp3) is 0.368. The van der Waals surface area contributed by atoms with Gasteiger partial charge in [-0.1, -0.05) is 12.1 Å². The van der Waals surface area contributed by atoms with Crippen LogP contribution >= 0.6 is 0 Å². The number of hydrogen-bond acceptors (Lipinski definition) is 4. The van der Waals surface area contributed by atoms with Gasteiger partial charge in [0.2, 0.25) is 0 Å². The van der Waals surface area contributed by atoms with E-state index in [0.717, 1.165) is 22.6 Å². The van der Waals surface area contributed by atoms with Crippen LogP contribution in [-0.2, 0) is 0 Å². The number of carbonyl (C=O) groups excluding carboxylic acids is 1. The molecule has 27 heavy (non-hydrogen) atoms. The first-order chi connectivity index (χ1) is 13.0. The summed E-state index contributed by atoms with van der Waals surface area (Å²) in [6.45, 7) is 7.40. The molecule has 0 spiro atoms. The van der Waals surface area contributed by atoms with Crippen molar-refractivity contribution in [3.63, 3.8) is 0 Å². The first-order valence-electron chi connectivity index (χ1n) is 9.04. The summed E-state index contributed by atoms with van der Waals surface area (Å²) in [6, 6.07) is 10.1. The largest absolute Gasteiger partial charge is 0.331 e. The Kier molecular flexibility index (Phi) is 4.39. The Morgan fingerprint density at radius 2 is 1.96 bits per heavy atom. The van der Waals surface area contributed by atoms with E-state index in [1.165, 1.54) is 6.33 Å². The summed E-state index contributed by atoms with van der Waals surface area (Å²) in [4.78, 5) is 18.3. The van der Waals surface area contributed by atoms with Crippen LogP contribution in [0.5, 0.6) is 0 Å². The second kappa shape index (κ2) is 6.86. The van der Waals surface area contributed by atoms with Gasteiger partial charge in [-0.25, -0.2) is 14.5 Å². The van der Waals surface area contributed by atoms with Gasteiger partial charge < -0.3 is 10.2 Å². The highest BCUT2D eigenvalue weighted by Gasteiger charge is 2.33. The summed E-state index contributed by atoms with van der Waals surface area (Å²) in [7, 11) is 0. The summed E-state index contributed by atoms with van der Waals surface area (Å²) in [5.41, 5.74) is 4.13. The molecule has 1 saturated heterocycles. The second-order valence-electron chi connectivity index (χ2n) is 7.03. The number of amides is 2. The van der Waals surface area contributed by atoms with E-state index in [0.29, 0.717) is 13.1 Å². The van der Waals surface area contributed by atoms with E-state index >= 15 is 0 Å². The minimum atomic E-state index is -0.0740. The van der Waals surface area contributed by atoms with Crippen LogP contribution in [0.25, 0.3) is 5.69 Å². The molecule has 3 aromatic rings. The Balaban J connectivity index is 1.33. The van der Waals surface area contributed by atoms with Crippen LogP contribution in [0.15, 0.2) is 43.0 Å². The van der Waals surface area contributed by atoms with Crippen molar-refractivity contribution in [2.24, 2.45) is 0 Å². The maximum absolute atomic E-state index is 12.5. The summed E-state index contributed by atoms with van der Waals surface area (Å²) >= 11 is 0. The van der Waals surface area contributed by atoms with Gasteiger partial charge in [-0.15, -0.1) is 0 Å². The minimum Gasteiger partial charge on any atom is -0.331 e. The number of aromatic nitrogens is 5. The smallest absolute Gasteiger partial charge is 0.318 e. The fourth-order valence-corrected chi connectivity index (χ4v) is 3.41. The predicted molar refractivity (Wildman–Crippen MR) is 101 cm³/mol. The van der Waals surface area contributed by atoms with Gasteiger partial charge in [-0.3, -0.25) is 4.68 Å². The number of nitrogens with zero attached hydrogens (tertiary/aromatic N) is 6. The van der Waals surface area contributed by atoms with Crippen molar-refractivity contribution in [2.75, 3.05) is 13.1 Å². The molecule has 3 heterocycles. The molecule has 8 nitrogen and oxygen atoms in total. The summed E-state index contributed by atoms with van der Waals surface area (Å²) in [6.07, 6.45) is 3.16. The standard InChI is InChI=1S/C19H23N7O/c1-13-8-14(2)26(23-13)18-9-24(10-18)19(27)22-15(3)16-4-6-17(7-5-16)25-12-20-11-21-25/h4-8,11-12,15,18H,9-10H2,1-3H3,(H,22,27)/t15-/m0/s1. The lowest BCUT2D eigenvalue weighted by Gasteiger charge is -2.40. The number of nitrogens with one attached hydrogen (secondary N) is 1. The van der Waals surface area contributed by atoms with Gasteiger partial charge in [0, 0.05) is 18.8 Å². The topological polar surface area (TPSA) is 80.9 Å². The number of benzene rings is 1. The van der Waals surface area contributed by atoms with Gasteiger partial charge in [-0.05, 0) is 44.5 Å². The molecule has 2 amide bonds. The number of carbonyl (C=O) groups is 1. The third kappa shape index (κ3) is 3.42. The Hall–Kier alpha value is -3.16. The molecule has 1 aliphatic rings. The predicted octanol–water partition coefficient (Wildman–Crippen LogP) is 2.41. The normalized spacial score (nSPS) is 15.4. The van der Waals surface area contributed by atoms with Crippen LogP contribution in [0.1, 0.15) is 36.0 Å². The van der Waals surface area contributed by atoms with Crippen LogP contribution in [0.2, 0.25) is 0 Å². The zero-order valence-corrected chi connectivity index (χ0v) is 15.7. The summed E-state index contributed by atoms with van der Waals surface area (Å²) in [5.74, 6) is 0. The molecular formula is C19H23N7O. The van der Waals surface area contributed by atoms with Gasteiger partial charge in [0.1, 0.15) is 12.7 Å². The highest BCUT2D eigenvalue weighted by molar-refractivity contribution is 5.75. The van der Waals surface area contributed by atoms with Gasteiger partial charge in [0.15, 0.2) is 0 Å². The molecule has 0 unspecified atom stereocenters. The highest BCUT2D eigenvalue weighted by Crippen LogP contribution is 2.23. The van der Waals surface area contributed by atoms with Crippen molar-refractivity contribution in [2.45, 2.75) is 32.9 Å². The molecule has 2 aromatic heterocycles. The van der Waals surface area contributed by atoms with Crippen molar-refractivity contribution in [1.29, 1.82) is 0 Å². The lowest BCUT2D eigenvalue weighted by atomic mass is 10.1. The van der Waals surface area contributed by atoms with E-state index in [4.69, 9.17) is 0 Å². The quantitative estimate of drug-likeness (QED) is 0.770. The summed E-state index contributed by atoms with van der Waals surface area (Å²) in [5, 5.41) is 11.7. The zero-order valence-electron chi connectivity index (χ0n) is 15.7. The first-order valence-corrected chi connectivity index (χ1v) is 9.04. The minimum absolute atomic E-state index is 0.0411. The Morgan fingerprint density at radius 1 is 1.22 bits per heavy atom. The van der Waals surface area contributed by atoms with Crippen LogP contribution in [0.3, 0.4) is 0 Å². The van der Waals surface area contributed by atoms with Gasteiger partial charge in [-0.2, -0.15) is 10.2 Å². The summed E-state index contributed by atoms with van der Waals surface area (Å²) < 4.78 is 3.72. The maximum Gasteiger partial charge on any atom is 0.318 e. The van der Waals surface area contributed by atoms with Crippen LogP contribution in [0.4, 0.5) is 4.79 Å².